The van der Waals surface area contributed by atoms with Gasteiger partial charge in [0, 0.05) is 25.9 Å². The van der Waals surface area contributed by atoms with Crippen molar-refractivity contribution in [2.24, 2.45) is 0 Å². The summed E-state index contributed by atoms with van der Waals surface area (Å²) in [5.74, 6) is 0.325. The second kappa shape index (κ2) is 37.8. The molecule has 5 nitrogen and oxygen atoms in total. The summed E-state index contributed by atoms with van der Waals surface area (Å²) < 4.78 is 0. The van der Waals surface area contributed by atoms with Gasteiger partial charge in [0.2, 0.25) is 11.8 Å². The molecule has 46 heavy (non-hydrogen) atoms. The molecule has 0 unspecified atom stereocenters. The van der Waals surface area contributed by atoms with Crippen molar-refractivity contribution < 1.29 is 9.59 Å². The summed E-state index contributed by atoms with van der Waals surface area (Å²) in [6.45, 7) is 6.69. The zero-order chi connectivity index (χ0) is 33.6. The van der Waals surface area contributed by atoms with E-state index in [2.05, 4.69) is 53.7 Å². The van der Waals surface area contributed by atoms with E-state index in [1.807, 2.05) is 7.05 Å². The van der Waals surface area contributed by atoms with Gasteiger partial charge in [-0.25, -0.2) is 0 Å². The quantitative estimate of drug-likeness (QED) is 0.0405. The highest BCUT2D eigenvalue weighted by atomic mass is 16.2. The lowest BCUT2D eigenvalue weighted by Crippen LogP contribution is -2.36. The molecule has 5 heteroatoms. The van der Waals surface area contributed by atoms with E-state index in [-0.39, 0.29) is 11.8 Å². The van der Waals surface area contributed by atoms with Crippen molar-refractivity contribution in [3.05, 3.63) is 24.3 Å². The number of rotatable bonds is 36. The van der Waals surface area contributed by atoms with Gasteiger partial charge >= 0.3 is 0 Å². The largest absolute Gasteiger partial charge is 0.356 e. The summed E-state index contributed by atoms with van der Waals surface area (Å²) in [5, 5.41) is 6.10. The molecule has 0 spiro atoms. The Labute approximate surface area is 287 Å². The molecule has 0 saturated carbocycles. The summed E-state index contributed by atoms with van der Waals surface area (Å²) in [7, 11) is 2.02. The molecule has 0 aromatic heterocycles. The monoisotopic (exact) mass is 646 g/mol. The van der Waals surface area contributed by atoms with Crippen LogP contribution in [0.3, 0.4) is 0 Å². The molecule has 0 aliphatic carbocycles. The highest BCUT2D eigenvalue weighted by molar-refractivity contribution is 5.76. The molecule has 0 atom stereocenters. The molecule has 0 heterocycles. The summed E-state index contributed by atoms with van der Waals surface area (Å²) in [6.07, 6.45) is 44.8. The Balaban J connectivity index is 3.43. The fraction of sp³-hybridized carbons (Fsp3) is 0.854. The number of hydrogen-bond acceptors (Lipinski definition) is 3. The average Bonchev–Trinajstić information content (AvgIpc) is 3.05. The molecule has 0 aliphatic heterocycles. The summed E-state index contributed by atoms with van der Waals surface area (Å²) in [6, 6.07) is 0. The van der Waals surface area contributed by atoms with E-state index in [0.717, 1.165) is 38.6 Å². The molecule has 2 N–H and O–H groups in total. The third-order valence-corrected chi connectivity index (χ3v) is 8.92. The molecule has 0 rings (SSSR count). The first-order valence-corrected chi connectivity index (χ1v) is 20.1. The molecule has 2 amide bonds. The first-order chi connectivity index (χ1) is 22.6. The van der Waals surface area contributed by atoms with Crippen molar-refractivity contribution >= 4 is 11.8 Å². The third-order valence-electron chi connectivity index (χ3n) is 8.92. The van der Waals surface area contributed by atoms with Crippen LogP contribution in [0.5, 0.6) is 0 Å². The fourth-order valence-corrected chi connectivity index (χ4v) is 5.77. The second-order valence-corrected chi connectivity index (χ2v) is 13.7. The number of nitrogens with zero attached hydrogens (tertiary/aromatic N) is 1. The van der Waals surface area contributed by atoms with E-state index in [4.69, 9.17) is 0 Å². The Morgan fingerprint density at radius 1 is 0.457 bits per heavy atom. The van der Waals surface area contributed by atoms with E-state index in [9.17, 15) is 9.59 Å². The molecule has 0 aromatic carbocycles. The van der Waals surface area contributed by atoms with E-state index < -0.39 is 0 Å². The van der Waals surface area contributed by atoms with Crippen molar-refractivity contribution in [1.82, 2.24) is 15.5 Å². The van der Waals surface area contributed by atoms with Gasteiger partial charge in [-0.15, -0.1) is 0 Å². The van der Waals surface area contributed by atoms with Crippen molar-refractivity contribution in [3.8, 4) is 0 Å². The number of amides is 2. The first kappa shape index (κ1) is 44.4. The van der Waals surface area contributed by atoms with Gasteiger partial charge in [0.15, 0.2) is 0 Å². The van der Waals surface area contributed by atoms with Crippen LogP contribution < -0.4 is 10.6 Å². The topological polar surface area (TPSA) is 61.4 Å². The maximum Gasteiger partial charge on any atom is 0.220 e. The highest BCUT2D eigenvalue weighted by Crippen LogP contribution is 2.11. The van der Waals surface area contributed by atoms with Gasteiger partial charge < -0.3 is 10.6 Å². The van der Waals surface area contributed by atoms with Gasteiger partial charge in [0.1, 0.15) is 0 Å². The van der Waals surface area contributed by atoms with E-state index in [1.165, 1.54) is 141 Å². The molecular formula is C41H79N3O2. The Morgan fingerprint density at radius 2 is 0.804 bits per heavy atom. The van der Waals surface area contributed by atoms with Crippen LogP contribution in [0.4, 0.5) is 0 Å². The lowest BCUT2D eigenvalue weighted by Gasteiger charge is -2.17. The van der Waals surface area contributed by atoms with E-state index in [0.29, 0.717) is 26.1 Å². The minimum atomic E-state index is 0.151. The van der Waals surface area contributed by atoms with Crippen LogP contribution in [0.25, 0.3) is 0 Å². The van der Waals surface area contributed by atoms with Crippen molar-refractivity contribution in [1.29, 1.82) is 0 Å². The third kappa shape index (κ3) is 36.8. The van der Waals surface area contributed by atoms with Crippen LogP contribution in [0.2, 0.25) is 0 Å². The maximum atomic E-state index is 12.2. The van der Waals surface area contributed by atoms with Crippen LogP contribution in [0, 0.1) is 0 Å². The zero-order valence-electron chi connectivity index (χ0n) is 31.2. The van der Waals surface area contributed by atoms with Gasteiger partial charge in [0.05, 0.1) is 6.67 Å². The Hall–Kier alpha value is -1.62. The Kier molecular flexibility index (Phi) is 36.5. The SMILES string of the molecule is CCCCCCCC/C=C/CCCCCCCC(=O)NCCCN(C)CNC(=O)CCCCCCC/C=C/CCCCCCCC. The normalized spacial score (nSPS) is 11.7. The molecule has 0 aliphatic rings. The number of allylic oxidation sites excluding steroid dienone is 4. The van der Waals surface area contributed by atoms with E-state index in [1.54, 1.807) is 0 Å². The van der Waals surface area contributed by atoms with Crippen LogP contribution in [-0.2, 0) is 9.59 Å². The van der Waals surface area contributed by atoms with E-state index >= 15 is 0 Å². The Morgan fingerprint density at radius 3 is 1.22 bits per heavy atom. The minimum absolute atomic E-state index is 0.151. The predicted molar refractivity (Wildman–Crippen MR) is 202 cm³/mol. The molecular weight excluding hydrogens is 566 g/mol. The molecule has 0 fully saturated rings. The standard InChI is InChI=1S/C41H79N3O2/c1-4-6-8-10-12-14-16-18-20-22-24-26-28-30-32-35-40(45)42-37-34-38-44(3)39-43-41(46)36-33-31-29-27-25-23-21-19-17-15-13-11-9-7-5-2/h18-21H,4-17,22-39H2,1-3H3,(H,42,45)(H,43,46)/b20-18+,21-19+. The molecule has 0 bridgehead atoms. The fourth-order valence-electron chi connectivity index (χ4n) is 5.77. The molecule has 270 valence electrons. The minimum Gasteiger partial charge on any atom is -0.356 e. The maximum absolute atomic E-state index is 12.2. The van der Waals surface area contributed by atoms with Gasteiger partial charge in [-0.1, -0.05) is 141 Å². The van der Waals surface area contributed by atoms with Crippen LogP contribution in [-0.4, -0.2) is 43.5 Å². The average molecular weight is 646 g/mol. The van der Waals surface area contributed by atoms with Gasteiger partial charge in [-0.2, -0.15) is 0 Å². The summed E-state index contributed by atoms with van der Waals surface area (Å²) in [5.41, 5.74) is 0. The number of carbonyl (C=O) groups is 2. The number of carbonyl (C=O) groups excluding carboxylic acids is 2. The summed E-state index contributed by atoms with van der Waals surface area (Å²) in [4.78, 5) is 26.4. The number of unbranched alkanes of at least 4 members (excludes halogenated alkanes) is 22. The van der Waals surface area contributed by atoms with Gasteiger partial charge in [0.25, 0.3) is 0 Å². The molecule has 0 saturated heterocycles. The van der Waals surface area contributed by atoms with Gasteiger partial charge in [-0.3, -0.25) is 14.5 Å². The van der Waals surface area contributed by atoms with Crippen molar-refractivity contribution in [3.63, 3.8) is 0 Å². The Bertz CT molecular complexity index is 706. The molecule has 0 radical (unpaired) electrons. The second-order valence-electron chi connectivity index (χ2n) is 13.7. The lowest BCUT2D eigenvalue weighted by atomic mass is 10.1. The van der Waals surface area contributed by atoms with Crippen LogP contribution in [0.15, 0.2) is 24.3 Å². The first-order valence-electron chi connectivity index (χ1n) is 20.1. The van der Waals surface area contributed by atoms with Gasteiger partial charge in [-0.05, 0) is 77.7 Å². The number of hydrogen-bond donors (Lipinski definition) is 2. The van der Waals surface area contributed by atoms with Crippen LogP contribution >= 0.6 is 0 Å². The van der Waals surface area contributed by atoms with Crippen molar-refractivity contribution in [2.45, 2.75) is 200 Å². The van der Waals surface area contributed by atoms with Crippen molar-refractivity contribution in [2.75, 3.05) is 26.8 Å². The highest BCUT2D eigenvalue weighted by Gasteiger charge is 2.05. The smallest absolute Gasteiger partial charge is 0.220 e. The lowest BCUT2D eigenvalue weighted by molar-refractivity contribution is -0.122. The van der Waals surface area contributed by atoms with Crippen LogP contribution in [0.1, 0.15) is 200 Å². The molecule has 0 aromatic rings. The summed E-state index contributed by atoms with van der Waals surface area (Å²) >= 11 is 0. The zero-order valence-corrected chi connectivity index (χ0v) is 31.2. The predicted octanol–water partition coefficient (Wildman–Crippen LogP) is 11.6. The number of nitrogens with one attached hydrogen (secondary N) is 2.